The average molecular weight is 522 g/mol. The summed E-state index contributed by atoms with van der Waals surface area (Å²) in [7, 11) is 3.78. The third-order valence-corrected chi connectivity index (χ3v) is 6.03. The molecule has 1 saturated heterocycles. The molecule has 0 unspecified atom stereocenters. The van der Waals surface area contributed by atoms with Gasteiger partial charge in [0.05, 0.1) is 27.4 Å². The minimum absolute atomic E-state index is 0.0603. The molecule has 5 atom stereocenters. The zero-order chi connectivity index (χ0) is 27.2. The van der Waals surface area contributed by atoms with Gasteiger partial charge in [-0.1, -0.05) is 0 Å². The van der Waals surface area contributed by atoms with E-state index in [0.29, 0.717) is 0 Å². The van der Waals surface area contributed by atoms with Gasteiger partial charge >= 0.3 is 0 Å². The molecule has 4 rings (SSSR count). The Hall–Kier alpha value is -3.91. The number of aromatic hydroxyl groups is 3. The van der Waals surface area contributed by atoms with Crippen LogP contribution in [0.5, 0.6) is 40.2 Å². The maximum atomic E-state index is 13.7. The summed E-state index contributed by atoms with van der Waals surface area (Å²) in [5, 5.41) is 61.2. The van der Waals surface area contributed by atoms with Crippen LogP contribution < -0.4 is 24.4 Å². The van der Waals surface area contributed by atoms with Gasteiger partial charge in [-0.15, -0.1) is 0 Å². The van der Waals surface area contributed by atoms with Gasteiger partial charge in [-0.3, -0.25) is 4.79 Å². The van der Waals surface area contributed by atoms with Crippen molar-refractivity contribution in [1.82, 2.24) is 0 Å². The van der Waals surface area contributed by atoms with Crippen LogP contribution in [0.3, 0.4) is 0 Å². The highest BCUT2D eigenvalue weighted by atomic mass is 16.7. The summed E-state index contributed by atoms with van der Waals surface area (Å²) >= 11 is 0. The van der Waals surface area contributed by atoms with Crippen molar-refractivity contribution in [2.24, 2.45) is 0 Å². The number of hydrogen-bond acceptors (Lipinski definition) is 13. The third-order valence-electron chi connectivity index (χ3n) is 6.03. The standard InChI is InChI=1S/C24H26O13/c1-8-15(27)18(30)19(31)24(35-8)37-23-17(29)14-10(25)7-11(26)21(34-4)22(14)36-20(23)9-5-12(32-2)16(28)13(6-9)33-3/h5-8,15,18-19,24-28,30-31H,1-4H3/t8-,15-,18+,19-,24-/m0/s1. The average Bonchev–Trinajstić information content (AvgIpc) is 2.87. The summed E-state index contributed by atoms with van der Waals surface area (Å²) in [4.78, 5) is 13.7. The monoisotopic (exact) mass is 522 g/mol. The molecule has 0 aliphatic carbocycles. The lowest BCUT2D eigenvalue weighted by Crippen LogP contribution is -2.58. The van der Waals surface area contributed by atoms with E-state index in [1.807, 2.05) is 0 Å². The Morgan fingerprint density at radius 3 is 2.00 bits per heavy atom. The Labute approximate surface area is 209 Å². The molecule has 0 spiro atoms. The van der Waals surface area contributed by atoms with Gasteiger partial charge in [-0.25, -0.2) is 0 Å². The first-order valence-electron chi connectivity index (χ1n) is 10.9. The zero-order valence-electron chi connectivity index (χ0n) is 20.2. The topological polar surface area (TPSA) is 198 Å². The van der Waals surface area contributed by atoms with Gasteiger partial charge in [-0.05, 0) is 19.1 Å². The fourth-order valence-electron chi connectivity index (χ4n) is 4.04. The van der Waals surface area contributed by atoms with Gasteiger partial charge in [0, 0.05) is 11.6 Å². The van der Waals surface area contributed by atoms with Crippen LogP contribution in [-0.2, 0) is 4.74 Å². The lowest BCUT2D eigenvalue weighted by molar-refractivity contribution is -0.268. The van der Waals surface area contributed by atoms with Gasteiger partial charge in [0.2, 0.25) is 29.0 Å². The molecule has 0 amide bonds. The number of aliphatic hydroxyl groups is 3. The number of benzene rings is 2. The van der Waals surface area contributed by atoms with E-state index >= 15 is 0 Å². The van der Waals surface area contributed by atoms with Gasteiger partial charge in [0.15, 0.2) is 28.6 Å². The Morgan fingerprint density at radius 2 is 1.43 bits per heavy atom. The molecule has 6 N–H and O–H groups in total. The largest absolute Gasteiger partial charge is 0.507 e. The number of ether oxygens (including phenoxy) is 5. The summed E-state index contributed by atoms with van der Waals surface area (Å²) in [6.45, 7) is 1.43. The van der Waals surface area contributed by atoms with Crippen molar-refractivity contribution in [2.45, 2.75) is 37.6 Å². The highest BCUT2D eigenvalue weighted by molar-refractivity contribution is 5.93. The molecule has 0 saturated carbocycles. The predicted octanol–water partition coefficient (Wildman–Crippen LogP) is 0.809. The number of methoxy groups -OCH3 is 3. The van der Waals surface area contributed by atoms with Crippen LogP contribution in [0.2, 0.25) is 0 Å². The van der Waals surface area contributed by atoms with Crippen LogP contribution in [0.15, 0.2) is 27.4 Å². The SMILES string of the molecule is COc1cc(-c2oc3c(OC)c(O)cc(O)c3c(=O)c2O[C@@H]2O[C@@H](C)[C@H](O)[C@@H](O)[C@@H]2O)cc(OC)c1O. The normalized spacial score (nSPS) is 23.6. The Balaban J connectivity index is 2.03. The second kappa shape index (κ2) is 9.86. The van der Waals surface area contributed by atoms with Gasteiger partial charge in [-0.2, -0.15) is 0 Å². The van der Waals surface area contributed by atoms with Crippen LogP contribution in [0.25, 0.3) is 22.3 Å². The molecule has 1 aromatic heterocycles. The number of phenolic OH excluding ortho intramolecular Hbond substituents is 3. The van der Waals surface area contributed by atoms with Gasteiger partial charge in [0.1, 0.15) is 29.4 Å². The van der Waals surface area contributed by atoms with Crippen LogP contribution >= 0.6 is 0 Å². The molecule has 0 bridgehead atoms. The summed E-state index contributed by atoms with van der Waals surface area (Å²) in [6, 6.07) is 3.47. The Kier molecular flexibility index (Phi) is 6.97. The van der Waals surface area contributed by atoms with Gasteiger partial charge in [0.25, 0.3) is 0 Å². The number of phenols is 3. The van der Waals surface area contributed by atoms with Crippen LogP contribution in [0.4, 0.5) is 0 Å². The van der Waals surface area contributed by atoms with E-state index in [2.05, 4.69) is 0 Å². The number of hydrogen-bond donors (Lipinski definition) is 6. The molecular weight excluding hydrogens is 496 g/mol. The van der Waals surface area contributed by atoms with Crippen LogP contribution in [0, 0.1) is 0 Å². The maximum Gasteiger partial charge on any atom is 0.239 e. The van der Waals surface area contributed by atoms with E-state index in [1.165, 1.54) is 40.4 Å². The van der Waals surface area contributed by atoms with E-state index in [1.54, 1.807) is 0 Å². The van der Waals surface area contributed by atoms with Crippen molar-refractivity contribution in [3.63, 3.8) is 0 Å². The molecule has 1 aliphatic heterocycles. The quantitative estimate of drug-likeness (QED) is 0.266. The molecule has 13 heteroatoms. The van der Waals surface area contributed by atoms with Gasteiger partial charge < -0.3 is 58.7 Å². The molecule has 2 aromatic carbocycles. The highest BCUT2D eigenvalue weighted by Crippen LogP contribution is 2.46. The molecule has 2 heterocycles. The number of aliphatic hydroxyl groups excluding tert-OH is 3. The van der Waals surface area contributed by atoms with Crippen molar-refractivity contribution in [2.75, 3.05) is 21.3 Å². The van der Waals surface area contributed by atoms with Crippen molar-refractivity contribution in [3.05, 3.63) is 28.4 Å². The fraction of sp³-hybridized carbons (Fsp3) is 0.375. The van der Waals surface area contributed by atoms with E-state index in [4.69, 9.17) is 28.1 Å². The Morgan fingerprint density at radius 1 is 0.811 bits per heavy atom. The second-order valence-corrected chi connectivity index (χ2v) is 8.27. The molecule has 1 fully saturated rings. The maximum absolute atomic E-state index is 13.7. The molecular formula is C24H26O13. The Bertz CT molecular complexity index is 1360. The number of rotatable bonds is 6. The minimum Gasteiger partial charge on any atom is -0.507 e. The summed E-state index contributed by atoms with van der Waals surface area (Å²) in [6.07, 6.45) is -7.50. The van der Waals surface area contributed by atoms with Crippen LogP contribution in [0.1, 0.15) is 6.92 Å². The van der Waals surface area contributed by atoms with E-state index in [9.17, 15) is 35.4 Å². The summed E-state index contributed by atoms with van der Waals surface area (Å²) in [5.74, 6) is -2.81. The molecule has 200 valence electrons. The molecule has 37 heavy (non-hydrogen) atoms. The second-order valence-electron chi connectivity index (χ2n) is 8.27. The van der Waals surface area contributed by atoms with Crippen molar-refractivity contribution >= 4 is 11.0 Å². The first-order valence-corrected chi connectivity index (χ1v) is 10.9. The summed E-state index contributed by atoms with van der Waals surface area (Å²) < 4.78 is 32.6. The smallest absolute Gasteiger partial charge is 0.239 e. The molecule has 0 radical (unpaired) electrons. The number of fused-ring (bicyclic) bond motifs is 1. The van der Waals surface area contributed by atoms with Crippen molar-refractivity contribution in [1.29, 1.82) is 0 Å². The zero-order valence-corrected chi connectivity index (χ0v) is 20.2. The molecule has 1 aliphatic rings. The first kappa shape index (κ1) is 26.2. The predicted molar refractivity (Wildman–Crippen MR) is 126 cm³/mol. The lowest BCUT2D eigenvalue weighted by Gasteiger charge is -2.38. The minimum atomic E-state index is -1.78. The van der Waals surface area contributed by atoms with Crippen molar-refractivity contribution < 1.29 is 58.7 Å². The molecule has 3 aromatic rings. The highest BCUT2D eigenvalue weighted by Gasteiger charge is 2.44. The first-order chi connectivity index (χ1) is 17.5. The van der Waals surface area contributed by atoms with E-state index < -0.39 is 58.8 Å². The van der Waals surface area contributed by atoms with E-state index in [0.717, 1.165) is 6.07 Å². The lowest BCUT2D eigenvalue weighted by atomic mass is 10.00. The van der Waals surface area contributed by atoms with Crippen LogP contribution in [-0.4, -0.2) is 82.7 Å². The summed E-state index contributed by atoms with van der Waals surface area (Å²) in [5.41, 5.74) is -1.22. The van der Waals surface area contributed by atoms with E-state index in [-0.39, 0.29) is 39.9 Å². The third kappa shape index (κ3) is 4.31. The molecule has 13 nitrogen and oxygen atoms in total. The fourth-order valence-corrected chi connectivity index (χ4v) is 4.04. The van der Waals surface area contributed by atoms with Crippen molar-refractivity contribution in [3.8, 4) is 51.6 Å².